The lowest BCUT2D eigenvalue weighted by Crippen LogP contribution is -2.49. The van der Waals surface area contributed by atoms with E-state index in [4.69, 9.17) is 0 Å². The van der Waals surface area contributed by atoms with Gasteiger partial charge in [0.15, 0.2) is 5.78 Å². The molecule has 2 heterocycles. The minimum Gasteiger partial charge on any atom is -0.358 e. The first-order valence-corrected chi connectivity index (χ1v) is 11.6. The number of halogens is 2. The van der Waals surface area contributed by atoms with Crippen molar-refractivity contribution in [3.63, 3.8) is 0 Å². The Morgan fingerprint density at radius 1 is 0.853 bits per heavy atom. The van der Waals surface area contributed by atoms with Crippen molar-refractivity contribution < 1.29 is 13.6 Å². The highest BCUT2D eigenvalue weighted by Crippen LogP contribution is 2.30. The van der Waals surface area contributed by atoms with Gasteiger partial charge in [-0.15, -0.1) is 0 Å². The van der Waals surface area contributed by atoms with Crippen LogP contribution in [0.5, 0.6) is 0 Å². The Morgan fingerprint density at radius 3 is 2.00 bits per heavy atom. The lowest BCUT2D eigenvalue weighted by molar-refractivity contribution is 0.0808. The number of hydrogen-bond donors (Lipinski definition) is 1. The van der Waals surface area contributed by atoms with Crippen LogP contribution in [0.1, 0.15) is 33.2 Å². The van der Waals surface area contributed by atoms with Gasteiger partial charge in [0.05, 0.1) is 12.6 Å². The molecule has 0 aliphatic carbocycles. The van der Waals surface area contributed by atoms with E-state index in [1.807, 2.05) is 31.2 Å². The molecule has 5 rings (SSSR count). The molecule has 1 N–H and O–H groups in total. The standard InChI is InChI=1S/C28H27F2N3O/c1-19-27(24-4-2-3-5-25(24)31-19)26(34)18-32-14-16-33(17-15-32)28(20-6-10-22(29)11-7-20)21-8-12-23(30)13-9-21/h2-13,28,31H,14-18H2,1H3. The number of benzene rings is 3. The summed E-state index contributed by atoms with van der Waals surface area (Å²) in [5.74, 6) is -0.438. The number of Topliss-reactive ketones (excluding diaryl/α,β-unsaturated/α-hetero) is 1. The summed E-state index contributed by atoms with van der Waals surface area (Å²) in [7, 11) is 0. The minimum atomic E-state index is -0.280. The molecule has 1 aliphatic heterocycles. The number of hydrogen-bond acceptors (Lipinski definition) is 3. The monoisotopic (exact) mass is 459 g/mol. The van der Waals surface area contributed by atoms with Gasteiger partial charge in [-0.2, -0.15) is 0 Å². The van der Waals surface area contributed by atoms with E-state index in [1.54, 1.807) is 24.3 Å². The average molecular weight is 460 g/mol. The quantitative estimate of drug-likeness (QED) is 0.396. The molecule has 1 aromatic heterocycles. The maximum absolute atomic E-state index is 13.6. The number of nitrogens with zero attached hydrogens (tertiary/aromatic N) is 2. The van der Waals surface area contributed by atoms with E-state index in [1.165, 1.54) is 24.3 Å². The van der Waals surface area contributed by atoms with Crippen LogP contribution in [0, 0.1) is 18.6 Å². The molecule has 1 fully saturated rings. The number of fused-ring (bicyclic) bond motifs is 1. The molecule has 4 nitrogen and oxygen atoms in total. The zero-order valence-electron chi connectivity index (χ0n) is 19.1. The number of carbonyl (C=O) groups excluding carboxylic acids is 1. The van der Waals surface area contributed by atoms with Crippen molar-refractivity contribution in [3.8, 4) is 0 Å². The smallest absolute Gasteiger partial charge is 0.179 e. The SMILES string of the molecule is Cc1[nH]c2ccccc2c1C(=O)CN1CCN(C(c2ccc(F)cc2)c2ccc(F)cc2)CC1. The van der Waals surface area contributed by atoms with Crippen molar-refractivity contribution in [1.82, 2.24) is 14.8 Å². The lowest BCUT2D eigenvalue weighted by Gasteiger charge is -2.39. The van der Waals surface area contributed by atoms with Gasteiger partial charge < -0.3 is 4.98 Å². The summed E-state index contributed by atoms with van der Waals surface area (Å²) in [6.07, 6.45) is 0. The summed E-state index contributed by atoms with van der Waals surface area (Å²) in [5.41, 5.74) is 4.58. The molecular weight excluding hydrogens is 432 g/mol. The Bertz CT molecular complexity index is 1240. The van der Waals surface area contributed by atoms with Crippen LogP contribution < -0.4 is 0 Å². The minimum absolute atomic E-state index is 0.102. The lowest BCUT2D eigenvalue weighted by atomic mass is 9.96. The number of aryl methyl sites for hydroxylation is 1. The summed E-state index contributed by atoms with van der Waals surface area (Å²) in [5, 5.41) is 0.969. The molecule has 0 radical (unpaired) electrons. The second kappa shape index (κ2) is 9.49. The van der Waals surface area contributed by atoms with Crippen LogP contribution in [0.2, 0.25) is 0 Å². The molecule has 0 saturated carbocycles. The third-order valence-electron chi connectivity index (χ3n) is 6.68. The summed E-state index contributed by atoms with van der Waals surface area (Å²) in [6.45, 7) is 5.30. The molecule has 4 aromatic rings. The van der Waals surface area contributed by atoms with Crippen molar-refractivity contribution in [2.75, 3.05) is 32.7 Å². The van der Waals surface area contributed by atoms with Crippen LogP contribution in [0.15, 0.2) is 72.8 Å². The number of aromatic nitrogens is 1. The molecule has 0 unspecified atom stereocenters. The van der Waals surface area contributed by atoms with Gasteiger partial charge in [-0.1, -0.05) is 42.5 Å². The van der Waals surface area contributed by atoms with Gasteiger partial charge in [0.25, 0.3) is 0 Å². The highest BCUT2D eigenvalue weighted by Gasteiger charge is 2.28. The van der Waals surface area contributed by atoms with Crippen molar-refractivity contribution in [2.24, 2.45) is 0 Å². The Kier molecular flexibility index (Phi) is 6.26. The molecule has 6 heteroatoms. The average Bonchev–Trinajstić information content (AvgIpc) is 3.18. The van der Waals surface area contributed by atoms with Gasteiger partial charge >= 0.3 is 0 Å². The number of carbonyl (C=O) groups is 1. The highest BCUT2D eigenvalue weighted by molar-refractivity contribution is 6.10. The molecule has 3 aromatic carbocycles. The zero-order valence-corrected chi connectivity index (χ0v) is 19.1. The number of nitrogens with one attached hydrogen (secondary N) is 1. The molecule has 1 saturated heterocycles. The van der Waals surface area contributed by atoms with Gasteiger partial charge in [-0.25, -0.2) is 8.78 Å². The summed E-state index contributed by atoms with van der Waals surface area (Å²) < 4.78 is 27.1. The van der Waals surface area contributed by atoms with Crippen LogP contribution >= 0.6 is 0 Å². The third-order valence-corrected chi connectivity index (χ3v) is 6.68. The van der Waals surface area contributed by atoms with Gasteiger partial charge in [0.1, 0.15) is 11.6 Å². The first kappa shape index (κ1) is 22.4. The summed E-state index contributed by atoms with van der Waals surface area (Å²) >= 11 is 0. The number of aromatic amines is 1. The Labute approximate surface area is 197 Å². The van der Waals surface area contributed by atoms with Crippen LogP contribution in [-0.4, -0.2) is 53.3 Å². The van der Waals surface area contributed by atoms with E-state index in [9.17, 15) is 13.6 Å². The van der Waals surface area contributed by atoms with Gasteiger partial charge in [-0.05, 0) is 48.4 Å². The molecule has 0 atom stereocenters. The molecule has 0 spiro atoms. The second-order valence-electron chi connectivity index (χ2n) is 8.91. The molecule has 174 valence electrons. The number of piperazine rings is 1. The molecule has 0 amide bonds. The van der Waals surface area contributed by atoms with Crippen LogP contribution in [0.25, 0.3) is 10.9 Å². The normalized spacial score (nSPS) is 15.3. The van der Waals surface area contributed by atoms with E-state index in [0.717, 1.165) is 59.5 Å². The Balaban J connectivity index is 1.31. The third kappa shape index (κ3) is 4.52. The van der Waals surface area contributed by atoms with Crippen molar-refractivity contribution in [1.29, 1.82) is 0 Å². The fourth-order valence-corrected chi connectivity index (χ4v) is 5.00. The molecule has 1 aliphatic rings. The largest absolute Gasteiger partial charge is 0.358 e. The van der Waals surface area contributed by atoms with E-state index in [2.05, 4.69) is 14.8 Å². The number of rotatable bonds is 6. The van der Waals surface area contributed by atoms with Crippen LogP contribution in [0.4, 0.5) is 8.78 Å². The number of para-hydroxylation sites is 1. The molecule has 0 bridgehead atoms. The maximum atomic E-state index is 13.6. The Morgan fingerprint density at radius 2 is 1.41 bits per heavy atom. The number of H-pyrrole nitrogens is 1. The number of ketones is 1. The van der Waals surface area contributed by atoms with Crippen LogP contribution in [-0.2, 0) is 0 Å². The second-order valence-corrected chi connectivity index (χ2v) is 8.91. The van der Waals surface area contributed by atoms with Crippen molar-refractivity contribution >= 4 is 16.7 Å². The fourth-order valence-electron chi connectivity index (χ4n) is 5.00. The first-order valence-electron chi connectivity index (χ1n) is 11.6. The van der Waals surface area contributed by atoms with Gasteiger partial charge in [0, 0.05) is 48.3 Å². The summed E-state index contributed by atoms with van der Waals surface area (Å²) in [4.78, 5) is 21.0. The topological polar surface area (TPSA) is 39.3 Å². The maximum Gasteiger partial charge on any atom is 0.179 e. The van der Waals surface area contributed by atoms with E-state index in [-0.39, 0.29) is 23.5 Å². The fraction of sp³-hybridized carbons (Fsp3) is 0.250. The van der Waals surface area contributed by atoms with Gasteiger partial charge in [0.2, 0.25) is 0 Å². The van der Waals surface area contributed by atoms with Crippen LogP contribution in [0.3, 0.4) is 0 Å². The predicted octanol–water partition coefficient (Wildman–Crippen LogP) is 5.34. The van der Waals surface area contributed by atoms with E-state index >= 15 is 0 Å². The van der Waals surface area contributed by atoms with Gasteiger partial charge in [-0.3, -0.25) is 14.6 Å². The van der Waals surface area contributed by atoms with E-state index < -0.39 is 0 Å². The zero-order chi connectivity index (χ0) is 23.7. The Hall–Kier alpha value is -3.35. The van der Waals surface area contributed by atoms with E-state index in [0.29, 0.717) is 6.54 Å². The highest BCUT2D eigenvalue weighted by atomic mass is 19.1. The summed E-state index contributed by atoms with van der Waals surface area (Å²) in [6, 6.07) is 20.8. The molecular formula is C28H27F2N3O. The predicted molar refractivity (Wildman–Crippen MR) is 130 cm³/mol. The van der Waals surface area contributed by atoms with Crippen molar-refractivity contribution in [2.45, 2.75) is 13.0 Å². The molecule has 34 heavy (non-hydrogen) atoms. The first-order chi connectivity index (χ1) is 16.5. The van der Waals surface area contributed by atoms with Crippen molar-refractivity contribution in [3.05, 3.63) is 107 Å².